The molecule has 4 nitrogen and oxygen atoms in total. The number of fused-ring (bicyclic) bond motifs is 1. The van der Waals surface area contributed by atoms with E-state index >= 15 is 0 Å². The molecule has 3 atom stereocenters. The quantitative estimate of drug-likeness (QED) is 0.835. The number of rotatable bonds is 2. The zero-order valence-corrected chi connectivity index (χ0v) is 15.1. The highest BCUT2D eigenvalue weighted by Gasteiger charge is 2.58. The van der Waals surface area contributed by atoms with Crippen molar-refractivity contribution in [3.05, 3.63) is 46.7 Å². The average molecular weight is 327 g/mol. The number of nitrogens with zero attached hydrogens (tertiary/aromatic N) is 1. The molecular weight excluding hydrogens is 302 g/mol. The Morgan fingerprint density at radius 1 is 1.21 bits per heavy atom. The lowest BCUT2D eigenvalue weighted by molar-refractivity contribution is 0.0807. The summed E-state index contributed by atoms with van der Waals surface area (Å²) in [6, 6.07) is 4.51. The van der Waals surface area contributed by atoms with Crippen LogP contribution >= 0.6 is 0 Å². The summed E-state index contributed by atoms with van der Waals surface area (Å²) in [5.74, 6) is 2.59. The van der Waals surface area contributed by atoms with Crippen molar-refractivity contribution in [2.45, 2.75) is 37.8 Å². The highest BCUT2D eigenvalue weighted by atomic mass is 16.6. The van der Waals surface area contributed by atoms with Gasteiger partial charge < -0.3 is 14.2 Å². The maximum absolute atomic E-state index is 6.48. The van der Waals surface area contributed by atoms with Gasteiger partial charge in [-0.05, 0) is 57.1 Å². The maximum atomic E-state index is 6.48. The second kappa shape index (κ2) is 5.28. The highest BCUT2D eigenvalue weighted by molar-refractivity contribution is 5.64. The predicted molar refractivity (Wildman–Crippen MR) is 93.7 cm³/mol. The first-order valence-corrected chi connectivity index (χ1v) is 8.55. The Morgan fingerprint density at radius 3 is 2.71 bits per heavy atom. The molecule has 1 spiro atoms. The molecule has 4 heteroatoms. The number of ether oxygens (including phenoxy) is 3. The molecule has 0 unspecified atom stereocenters. The van der Waals surface area contributed by atoms with Gasteiger partial charge in [0.2, 0.25) is 0 Å². The molecule has 1 fully saturated rings. The molecule has 2 aliphatic heterocycles. The normalized spacial score (nSPS) is 31.2. The molecule has 0 amide bonds. The lowest BCUT2D eigenvalue weighted by atomic mass is 9.61. The lowest BCUT2D eigenvalue weighted by Crippen LogP contribution is -2.54. The van der Waals surface area contributed by atoms with E-state index in [0.29, 0.717) is 6.04 Å². The number of likely N-dealkylation sites (tertiary alicyclic amines) is 1. The summed E-state index contributed by atoms with van der Waals surface area (Å²) in [6.45, 7) is 5.48. The van der Waals surface area contributed by atoms with Gasteiger partial charge >= 0.3 is 0 Å². The summed E-state index contributed by atoms with van der Waals surface area (Å²) in [6.07, 6.45) is 5.23. The monoisotopic (exact) mass is 327 g/mol. The van der Waals surface area contributed by atoms with E-state index < -0.39 is 0 Å². The van der Waals surface area contributed by atoms with Gasteiger partial charge in [-0.25, -0.2) is 0 Å². The van der Waals surface area contributed by atoms with Gasteiger partial charge in [0, 0.05) is 11.6 Å². The van der Waals surface area contributed by atoms with Gasteiger partial charge in [0.1, 0.15) is 5.76 Å². The third-order valence-corrected chi connectivity index (χ3v) is 6.09. The van der Waals surface area contributed by atoms with Crippen LogP contribution in [-0.2, 0) is 10.2 Å². The molecule has 0 aromatic heterocycles. The maximum Gasteiger partial charge on any atom is 0.169 e. The molecule has 128 valence electrons. The smallest absolute Gasteiger partial charge is 0.169 e. The fourth-order valence-corrected chi connectivity index (χ4v) is 4.72. The molecule has 0 bridgehead atoms. The second-order valence-electron chi connectivity index (χ2n) is 7.06. The van der Waals surface area contributed by atoms with Crippen molar-refractivity contribution in [3.8, 4) is 11.5 Å². The first-order valence-electron chi connectivity index (χ1n) is 8.55. The van der Waals surface area contributed by atoms with Crippen LogP contribution in [0.3, 0.4) is 0 Å². The molecule has 2 heterocycles. The Bertz CT molecular complexity index is 751. The molecule has 3 aliphatic rings. The number of methoxy groups -OCH3 is 2. The molecule has 1 aliphatic carbocycles. The molecule has 1 saturated heterocycles. The van der Waals surface area contributed by atoms with E-state index in [1.54, 1.807) is 14.2 Å². The Balaban J connectivity index is 2.00. The number of piperidine rings is 1. The summed E-state index contributed by atoms with van der Waals surface area (Å²) >= 11 is 0. The third-order valence-electron chi connectivity index (χ3n) is 6.09. The van der Waals surface area contributed by atoms with Crippen LogP contribution in [0.2, 0.25) is 0 Å². The Morgan fingerprint density at radius 2 is 2.00 bits per heavy atom. The Hall–Kier alpha value is -1.94. The molecule has 4 rings (SSSR count). The minimum atomic E-state index is -0.153. The van der Waals surface area contributed by atoms with Crippen molar-refractivity contribution in [1.82, 2.24) is 4.90 Å². The summed E-state index contributed by atoms with van der Waals surface area (Å²) < 4.78 is 17.8. The minimum Gasteiger partial charge on any atom is -0.497 e. The average Bonchev–Trinajstić information content (AvgIpc) is 2.94. The van der Waals surface area contributed by atoms with Crippen LogP contribution in [-0.4, -0.2) is 44.9 Å². The second-order valence-corrected chi connectivity index (χ2v) is 7.06. The van der Waals surface area contributed by atoms with Crippen molar-refractivity contribution < 1.29 is 14.2 Å². The molecule has 0 N–H and O–H groups in total. The van der Waals surface area contributed by atoms with Gasteiger partial charge in [0.25, 0.3) is 0 Å². The third kappa shape index (κ3) is 1.78. The summed E-state index contributed by atoms with van der Waals surface area (Å²) in [5.41, 5.74) is 3.80. The molecule has 1 aromatic rings. The Kier molecular flexibility index (Phi) is 3.43. The fraction of sp³-hybridized carbons (Fsp3) is 0.500. The number of likely N-dealkylation sites (N-methyl/N-ethyl adjacent to an activating group) is 1. The minimum absolute atomic E-state index is 0.108. The first-order chi connectivity index (χ1) is 11.5. The largest absolute Gasteiger partial charge is 0.497 e. The molecule has 24 heavy (non-hydrogen) atoms. The van der Waals surface area contributed by atoms with Gasteiger partial charge in [0.15, 0.2) is 17.6 Å². The fourth-order valence-electron chi connectivity index (χ4n) is 4.72. The van der Waals surface area contributed by atoms with Crippen molar-refractivity contribution >= 4 is 0 Å². The summed E-state index contributed by atoms with van der Waals surface area (Å²) in [4.78, 5) is 2.41. The van der Waals surface area contributed by atoms with Gasteiger partial charge in [-0.3, -0.25) is 4.90 Å². The lowest BCUT2D eigenvalue weighted by Gasteiger charge is -2.48. The van der Waals surface area contributed by atoms with Gasteiger partial charge in [0.05, 0.1) is 19.6 Å². The van der Waals surface area contributed by atoms with Gasteiger partial charge in [-0.2, -0.15) is 0 Å². The summed E-state index contributed by atoms with van der Waals surface area (Å²) in [5, 5.41) is 0. The van der Waals surface area contributed by atoms with E-state index in [9.17, 15) is 0 Å². The van der Waals surface area contributed by atoms with E-state index in [0.717, 1.165) is 30.2 Å². The van der Waals surface area contributed by atoms with Crippen LogP contribution in [0.1, 0.15) is 24.5 Å². The molecular formula is C20H25NO3. The van der Waals surface area contributed by atoms with Crippen LogP contribution in [0, 0.1) is 6.92 Å². The SMILES string of the molecule is COC1=CC=C2[C@@H](C)N(C)CC[C@@]23c2c(C)ccc(OC)c2O[C@@H]13. The first kappa shape index (κ1) is 15.6. The molecule has 0 radical (unpaired) electrons. The van der Waals surface area contributed by atoms with E-state index in [1.807, 2.05) is 6.07 Å². The van der Waals surface area contributed by atoms with E-state index in [1.165, 1.54) is 16.7 Å². The standard InChI is InChI=1S/C20H25NO3/c1-12-6-8-15(22-4)18-17(12)20-10-11-21(3)13(2)14(20)7-9-16(23-5)19(20)24-18/h6-9,13,19H,10-11H2,1-5H3/t13-,19+,20+/m1/s1. The van der Waals surface area contributed by atoms with E-state index in [-0.39, 0.29) is 11.5 Å². The van der Waals surface area contributed by atoms with Crippen molar-refractivity contribution in [3.63, 3.8) is 0 Å². The zero-order valence-electron chi connectivity index (χ0n) is 15.1. The van der Waals surface area contributed by atoms with E-state index in [4.69, 9.17) is 14.2 Å². The van der Waals surface area contributed by atoms with Crippen molar-refractivity contribution in [1.29, 1.82) is 0 Å². The predicted octanol–water partition coefficient (Wildman–Crippen LogP) is 3.20. The van der Waals surface area contributed by atoms with Crippen molar-refractivity contribution in [2.75, 3.05) is 27.8 Å². The summed E-state index contributed by atoms with van der Waals surface area (Å²) in [7, 11) is 5.63. The number of aryl methyl sites for hydroxylation is 1. The topological polar surface area (TPSA) is 30.9 Å². The van der Waals surface area contributed by atoms with Crippen LogP contribution in [0.5, 0.6) is 11.5 Å². The number of allylic oxidation sites excluding steroid dienone is 2. The number of hydrogen-bond donors (Lipinski definition) is 0. The zero-order chi connectivity index (χ0) is 17.1. The van der Waals surface area contributed by atoms with Gasteiger partial charge in [-0.1, -0.05) is 12.1 Å². The Labute approximate surface area is 143 Å². The number of benzene rings is 1. The van der Waals surface area contributed by atoms with Gasteiger partial charge in [-0.15, -0.1) is 0 Å². The van der Waals surface area contributed by atoms with E-state index in [2.05, 4.69) is 44.0 Å². The van der Waals surface area contributed by atoms with Crippen LogP contribution in [0.4, 0.5) is 0 Å². The molecule has 0 saturated carbocycles. The van der Waals surface area contributed by atoms with Crippen molar-refractivity contribution in [2.24, 2.45) is 0 Å². The van der Waals surface area contributed by atoms with Crippen LogP contribution in [0.25, 0.3) is 0 Å². The highest BCUT2D eigenvalue weighted by Crippen LogP contribution is 2.59. The molecule has 1 aromatic carbocycles. The number of hydrogen-bond acceptors (Lipinski definition) is 4. The van der Waals surface area contributed by atoms with Crippen LogP contribution in [0.15, 0.2) is 35.6 Å². The van der Waals surface area contributed by atoms with Crippen LogP contribution < -0.4 is 9.47 Å².